The van der Waals surface area contributed by atoms with Crippen LogP contribution in [0.2, 0.25) is 0 Å². The Balaban J connectivity index is 1.33. The van der Waals surface area contributed by atoms with E-state index in [0.29, 0.717) is 45.5 Å². The summed E-state index contributed by atoms with van der Waals surface area (Å²) in [5.74, 6) is 1.86. The van der Waals surface area contributed by atoms with Crippen LogP contribution in [-0.2, 0) is 0 Å². The first kappa shape index (κ1) is 18.8. The monoisotopic (exact) mass is 418 g/mol. The molecule has 2 aliphatic rings. The highest BCUT2D eigenvalue weighted by molar-refractivity contribution is 6.09. The molecule has 2 amide bonds. The van der Waals surface area contributed by atoms with Gasteiger partial charge in [-0.05, 0) is 42.5 Å². The van der Waals surface area contributed by atoms with Gasteiger partial charge in [-0.2, -0.15) is 0 Å². The van der Waals surface area contributed by atoms with Crippen molar-refractivity contribution in [3.63, 3.8) is 0 Å². The Hall–Kier alpha value is -4.20. The topological polar surface area (TPSA) is 86.3 Å². The van der Waals surface area contributed by atoms with Gasteiger partial charge in [-0.1, -0.05) is 6.07 Å². The molecule has 1 N–H and O–H groups in total. The molecule has 156 valence electrons. The largest absolute Gasteiger partial charge is 0.454 e. The lowest BCUT2D eigenvalue weighted by Gasteiger charge is -2.18. The Morgan fingerprint density at radius 2 is 1.42 bits per heavy atom. The molecular weight excluding hydrogens is 400 g/mol. The first-order chi connectivity index (χ1) is 15.1. The molecule has 2 heterocycles. The predicted molar refractivity (Wildman–Crippen MR) is 112 cm³/mol. The fraction of sp³-hybridized carbons (Fsp3) is 0.130. The quantitative estimate of drug-likeness (QED) is 0.696. The Labute approximate surface area is 177 Å². The molecule has 31 heavy (non-hydrogen) atoms. The summed E-state index contributed by atoms with van der Waals surface area (Å²) in [6.07, 6.45) is 0. The van der Waals surface area contributed by atoms with Gasteiger partial charge in [-0.15, -0.1) is 0 Å². The van der Waals surface area contributed by atoms with Gasteiger partial charge < -0.3 is 29.2 Å². The molecule has 0 fully saturated rings. The smallest absolute Gasteiger partial charge is 0.258 e. The van der Waals surface area contributed by atoms with Crippen molar-refractivity contribution < 1.29 is 28.5 Å². The summed E-state index contributed by atoms with van der Waals surface area (Å²) in [6.45, 7) is 0.324. The summed E-state index contributed by atoms with van der Waals surface area (Å²) >= 11 is 0. The summed E-state index contributed by atoms with van der Waals surface area (Å²) in [5.41, 5.74) is 1.98. The highest BCUT2D eigenvalue weighted by Gasteiger charge is 2.20. The zero-order chi connectivity index (χ0) is 21.4. The summed E-state index contributed by atoms with van der Waals surface area (Å²) in [4.78, 5) is 27.2. The van der Waals surface area contributed by atoms with Gasteiger partial charge in [0.15, 0.2) is 23.0 Å². The van der Waals surface area contributed by atoms with Crippen LogP contribution in [0.25, 0.3) is 0 Å². The maximum atomic E-state index is 13.0. The number of hydrogen-bond acceptors (Lipinski definition) is 6. The number of nitrogens with one attached hydrogen (secondary N) is 1. The highest BCUT2D eigenvalue weighted by Crippen LogP contribution is 2.36. The molecule has 3 aromatic carbocycles. The zero-order valence-corrected chi connectivity index (χ0v) is 16.6. The third-order valence-electron chi connectivity index (χ3n) is 5.05. The molecule has 0 spiro atoms. The molecule has 0 unspecified atom stereocenters. The SMILES string of the molecule is CN(C(=O)c1cccc(C(=O)Nc2ccc3c(c2)OCO3)c1)c1ccc2c(c1)OCO2. The summed E-state index contributed by atoms with van der Waals surface area (Å²) in [7, 11) is 1.67. The van der Waals surface area contributed by atoms with E-state index in [0.717, 1.165) is 0 Å². The van der Waals surface area contributed by atoms with Crippen molar-refractivity contribution in [2.75, 3.05) is 30.9 Å². The van der Waals surface area contributed by atoms with E-state index in [-0.39, 0.29) is 25.4 Å². The lowest BCUT2D eigenvalue weighted by Crippen LogP contribution is -2.26. The van der Waals surface area contributed by atoms with E-state index in [1.807, 2.05) is 0 Å². The Morgan fingerprint density at radius 3 is 2.19 bits per heavy atom. The standard InChI is InChI=1S/C23H18N2O6/c1-25(17-6-8-19-21(11-17)31-13-29-19)23(27)15-4-2-3-14(9-15)22(26)24-16-5-7-18-20(10-16)30-12-28-18/h2-11H,12-13H2,1H3,(H,24,26). The maximum absolute atomic E-state index is 13.0. The third kappa shape index (κ3) is 3.59. The van der Waals surface area contributed by atoms with Gasteiger partial charge >= 0.3 is 0 Å². The van der Waals surface area contributed by atoms with Crippen molar-refractivity contribution in [2.45, 2.75) is 0 Å². The number of fused-ring (bicyclic) bond motifs is 2. The van der Waals surface area contributed by atoms with Crippen LogP contribution in [0.4, 0.5) is 11.4 Å². The molecule has 8 heteroatoms. The number of rotatable bonds is 4. The maximum Gasteiger partial charge on any atom is 0.258 e. The fourth-order valence-electron chi connectivity index (χ4n) is 3.38. The van der Waals surface area contributed by atoms with Gasteiger partial charge in [0.1, 0.15) is 0 Å². The Kier molecular flexibility index (Phi) is 4.59. The number of anilines is 2. The number of carbonyl (C=O) groups is 2. The lowest BCUT2D eigenvalue weighted by molar-refractivity contribution is 0.0993. The predicted octanol–water partition coefficient (Wildman–Crippen LogP) is 3.67. The van der Waals surface area contributed by atoms with E-state index < -0.39 is 0 Å². The first-order valence-electron chi connectivity index (χ1n) is 9.57. The molecule has 0 bridgehead atoms. The second-order valence-electron chi connectivity index (χ2n) is 7.00. The van der Waals surface area contributed by atoms with E-state index in [9.17, 15) is 9.59 Å². The number of ether oxygens (including phenoxy) is 4. The molecule has 2 aliphatic heterocycles. The second kappa shape index (κ2) is 7.56. The Bertz CT molecular complexity index is 1190. The summed E-state index contributed by atoms with van der Waals surface area (Å²) in [6, 6.07) is 17.0. The van der Waals surface area contributed by atoms with E-state index in [2.05, 4.69) is 5.32 Å². The van der Waals surface area contributed by atoms with Gasteiger partial charge in [0.05, 0.1) is 0 Å². The van der Waals surface area contributed by atoms with Gasteiger partial charge in [0.2, 0.25) is 13.6 Å². The minimum atomic E-state index is -0.334. The van der Waals surface area contributed by atoms with Crippen molar-refractivity contribution in [1.29, 1.82) is 0 Å². The number of benzene rings is 3. The lowest BCUT2D eigenvalue weighted by atomic mass is 10.1. The number of nitrogens with zero attached hydrogens (tertiary/aromatic N) is 1. The number of amides is 2. The van der Waals surface area contributed by atoms with Crippen LogP contribution in [0.5, 0.6) is 23.0 Å². The summed E-state index contributed by atoms with van der Waals surface area (Å²) in [5, 5.41) is 2.81. The second-order valence-corrected chi connectivity index (χ2v) is 7.00. The van der Waals surface area contributed by atoms with Gasteiger partial charge in [-0.3, -0.25) is 9.59 Å². The van der Waals surface area contributed by atoms with Gasteiger partial charge in [-0.25, -0.2) is 0 Å². The number of hydrogen-bond donors (Lipinski definition) is 1. The minimum absolute atomic E-state index is 0.160. The van der Waals surface area contributed by atoms with Crippen molar-refractivity contribution in [3.8, 4) is 23.0 Å². The van der Waals surface area contributed by atoms with Crippen molar-refractivity contribution in [2.24, 2.45) is 0 Å². The van der Waals surface area contributed by atoms with Gasteiger partial charge in [0, 0.05) is 41.7 Å². The highest BCUT2D eigenvalue weighted by atomic mass is 16.7. The average molecular weight is 418 g/mol. The zero-order valence-electron chi connectivity index (χ0n) is 16.6. The van der Waals surface area contributed by atoms with E-state index in [1.165, 1.54) is 4.90 Å². The molecule has 0 saturated carbocycles. The van der Waals surface area contributed by atoms with E-state index >= 15 is 0 Å². The van der Waals surface area contributed by atoms with Crippen LogP contribution in [0.3, 0.4) is 0 Å². The van der Waals surface area contributed by atoms with Gasteiger partial charge in [0.25, 0.3) is 11.8 Å². The van der Waals surface area contributed by atoms with Crippen LogP contribution in [0.1, 0.15) is 20.7 Å². The molecule has 8 nitrogen and oxygen atoms in total. The normalized spacial score (nSPS) is 13.1. The van der Waals surface area contributed by atoms with Crippen molar-refractivity contribution in [1.82, 2.24) is 0 Å². The van der Waals surface area contributed by atoms with Crippen LogP contribution in [0, 0.1) is 0 Å². The average Bonchev–Trinajstić information content (AvgIpc) is 3.46. The Morgan fingerprint density at radius 1 is 0.774 bits per heavy atom. The van der Waals surface area contributed by atoms with Crippen molar-refractivity contribution >= 4 is 23.2 Å². The van der Waals surface area contributed by atoms with Crippen LogP contribution >= 0.6 is 0 Å². The third-order valence-corrected chi connectivity index (χ3v) is 5.05. The van der Waals surface area contributed by atoms with Crippen molar-refractivity contribution in [3.05, 3.63) is 71.8 Å². The van der Waals surface area contributed by atoms with E-state index in [4.69, 9.17) is 18.9 Å². The molecule has 0 aromatic heterocycles. The molecule has 3 aromatic rings. The fourth-order valence-corrected chi connectivity index (χ4v) is 3.38. The molecular formula is C23H18N2O6. The van der Waals surface area contributed by atoms with Crippen LogP contribution < -0.4 is 29.2 Å². The molecule has 0 saturated heterocycles. The first-order valence-corrected chi connectivity index (χ1v) is 9.57. The molecule has 0 radical (unpaired) electrons. The van der Waals surface area contributed by atoms with Crippen LogP contribution in [-0.4, -0.2) is 32.4 Å². The molecule has 0 atom stereocenters. The summed E-state index contributed by atoms with van der Waals surface area (Å²) < 4.78 is 21.3. The molecule has 0 aliphatic carbocycles. The van der Waals surface area contributed by atoms with Crippen LogP contribution in [0.15, 0.2) is 60.7 Å². The minimum Gasteiger partial charge on any atom is -0.454 e. The number of carbonyl (C=O) groups excluding carboxylic acids is 2. The van der Waals surface area contributed by atoms with E-state index in [1.54, 1.807) is 67.7 Å². The molecule has 5 rings (SSSR count).